The van der Waals surface area contributed by atoms with Crippen LogP contribution in [0.15, 0.2) is 24.3 Å². The minimum absolute atomic E-state index is 0.780. The van der Waals surface area contributed by atoms with Gasteiger partial charge in [-0.05, 0) is 68.4 Å². The summed E-state index contributed by atoms with van der Waals surface area (Å²) in [6.45, 7) is 4.58. The summed E-state index contributed by atoms with van der Waals surface area (Å²) in [7, 11) is 0. The standard InChI is InChI=1S/C20H31N/c1-3-6-16-9-11-18(12-10-16)21-19-13-17(14-19)20-8-5-4-7-15(20)2/h4-5,7-8,16-19,21H,3,6,9-14H2,1-2H3. The average molecular weight is 285 g/mol. The molecule has 1 nitrogen and oxygen atoms in total. The van der Waals surface area contributed by atoms with Crippen LogP contribution in [0.5, 0.6) is 0 Å². The van der Waals surface area contributed by atoms with Crippen LogP contribution in [-0.4, -0.2) is 12.1 Å². The largest absolute Gasteiger partial charge is 0.311 e. The van der Waals surface area contributed by atoms with Crippen molar-refractivity contribution in [2.45, 2.75) is 83.2 Å². The molecular weight excluding hydrogens is 254 g/mol. The van der Waals surface area contributed by atoms with Gasteiger partial charge in [0.15, 0.2) is 0 Å². The fraction of sp³-hybridized carbons (Fsp3) is 0.700. The van der Waals surface area contributed by atoms with E-state index in [1.54, 1.807) is 5.56 Å². The number of rotatable bonds is 5. The van der Waals surface area contributed by atoms with Crippen molar-refractivity contribution in [3.63, 3.8) is 0 Å². The number of hydrogen-bond acceptors (Lipinski definition) is 1. The predicted octanol–water partition coefficient (Wildman–Crippen LogP) is 5.19. The van der Waals surface area contributed by atoms with Gasteiger partial charge in [0.1, 0.15) is 0 Å². The van der Waals surface area contributed by atoms with Crippen molar-refractivity contribution in [3.8, 4) is 0 Å². The number of benzene rings is 1. The first kappa shape index (κ1) is 15.1. The Labute approximate surface area is 130 Å². The molecule has 0 spiro atoms. The summed E-state index contributed by atoms with van der Waals surface area (Å²) in [4.78, 5) is 0. The van der Waals surface area contributed by atoms with Crippen molar-refractivity contribution in [1.29, 1.82) is 0 Å². The molecule has 2 saturated carbocycles. The van der Waals surface area contributed by atoms with E-state index in [1.165, 1.54) is 56.9 Å². The molecule has 0 radical (unpaired) electrons. The van der Waals surface area contributed by atoms with Gasteiger partial charge < -0.3 is 5.32 Å². The van der Waals surface area contributed by atoms with Gasteiger partial charge in [0.2, 0.25) is 0 Å². The summed E-state index contributed by atoms with van der Waals surface area (Å²) < 4.78 is 0. The van der Waals surface area contributed by atoms with E-state index in [4.69, 9.17) is 0 Å². The predicted molar refractivity (Wildman–Crippen MR) is 90.7 cm³/mol. The second kappa shape index (κ2) is 6.96. The highest BCUT2D eigenvalue weighted by Crippen LogP contribution is 2.39. The smallest absolute Gasteiger partial charge is 0.00813 e. The maximum atomic E-state index is 3.94. The van der Waals surface area contributed by atoms with Crippen LogP contribution < -0.4 is 5.32 Å². The number of aryl methyl sites for hydroxylation is 1. The third-order valence-electron chi connectivity index (χ3n) is 5.78. The molecular formula is C20H31N. The van der Waals surface area contributed by atoms with Gasteiger partial charge in [-0.2, -0.15) is 0 Å². The quantitative estimate of drug-likeness (QED) is 0.785. The van der Waals surface area contributed by atoms with Gasteiger partial charge >= 0.3 is 0 Å². The molecule has 2 aliphatic carbocycles. The van der Waals surface area contributed by atoms with E-state index in [1.807, 2.05) is 0 Å². The summed E-state index contributed by atoms with van der Waals surface area (Å²) >= 11 is 0. The number of nitrogens with one attached hydrogen (secondary N) is 1. The summed E-state index contributed by atoms with van der Waals surface area (Å²) in [6.07, 6.45) is 11.2. The minimum atomic E-state index is 0.780. The molecule has 0 aliphatic heterocycles. The van der Waals surface area contributed by atoms with Crippen molar-refractivity contribution in [2.24, 2.45) is 5.92 Å². The monoisotopic (exact) mass is 285 g/mol. The van der Waals surface area contributed by atoms with Gasteiger partial charge in [0.25, 0.3) is 0 Å². The third kappa shape index (κ3) is 3.69. The fourth-order valence-corrected chi connectivity index (χ4v) is 4.41. The second-order valence-electron chi connectivity index (χ2n) is 7.39. The fourth-order valence-electron chi connectivity index (χ4n) is 4.41. The maximum Gasteiger partial charge on any atom is 0.00813 e. The maximum absolute atomic E-state index is 3.94. The Morgan fingerprint density at radius 2 is 1.71 bits per heavy atom. The molecule has 0 amide bonds. The van der Waals surface area contributed by atoms with E-state index in [0.29, 0.717) is 0 Å². The molecule has 0 atom stereocenters. The van der Waals surface area contributed by atoms with Crippen molar-refractivity contribution in [1.82, 2.24) is 5.32 Å². The Kier molecular flexibility index (Phi) is 5.00. The van der Waals surface area contributed by atoms with Crippen LogP contribution in [0.2, 0.25) is 0 Å². The lowest BCUT2D eigenvalue weighted by Crippen LogP contribution is -2.46. The van der Waals surface area contributed by atoms with Crippen LogP contribution in [0.1, 0.15) is 75.3 Å². The van der Waals surface area contributed by atoms with Gasteiger partial charge in [-0.1, -0.05) is 44.0 Å². The van der Waals surface area contributed by atoms with Crippen LogP contribution in [0, 0.1) is 12.8 Å². The molecule has 0 saturated heterocycles. The van der Waals surface area contributed by atoms with Gasteiger partial charge in [-0.15, -0.1) is 0 Å². The summed E-state index contributed by atoms with van der Waals surface area (Å²) in [6, 6.07) is 10.5. The molecule has 1 heteroatoms. The molecule has 1 aromatic rings. The van der Waals surface area contributed by atoms with Crippen LogP contribution in [0.3, 0.4) is 0 Å². The molecule has 0 bridgehead atoms. The molecule has 0 aromatic heterocycles. The molecule has 116 valence electrons. The van der Waals surface area contributed by atoms with Gasteiger partial charge in [0, 0.05) is 12.1 Å². The Hall–Kier alpha value is -0.820. The van der Waals surface area contributed by atoms with Gasteiger partial charge in [-0.3, -0.25) is 0 Å². The molecule has 2 aliphatic rings. The van der Waals surface area contributed by atoms with Gasteiger partial charge in [0.05, 0.1) is 0 Å². The van der Waals surface area contributed by atoms with Crippen molar-refractivity contribution in [3.05, 3.63) is 35.4 Å². The van der Waals surface area contributed by atoms with E-state index in [-0.39, 0.29) is 0 Å². The normalized spacial score (nSPS) is 32.7. The molecule has 0 heterocycles. The van der Waals surface area contributed by atoms with Crippen LogP contribution in [-0.2, 0) is 0 Å². The van der Waals surface area contributed by atoms with Crippen LogP contribution >= 0.6 is 0 Å². The average Bonchev–Trinajstić information content (AvgIpc) is 2.46. The highest BCUT2D eigenvalue weighted by atomic mass is 15.0. The Balaban J connectivity index is 1.41. The van der Waals surface area contributed by atoms with E-state index in [9.17, 15) is 0 Å². The molecule has 2 fully saturated rings. The minimum Gasteiger partial charge on any atom is -0.311 e. The molecule has 0 unspecified atom stereocenters. The first-order valence-electron chi connectivity index (χ1n) is 9.07. The zero-order valence-corrected chi connectivity index (χ0v) is 13.8. The first-order chi connectivity index (χ1) is 10.3. The van der Waals surface area contributed by atoms with E-state index in [2.05, 4.69) is 43.4 Å². The highest BCUT2D eigenvalue weighted by molar-refractivity contribution is 5.31. The first-order valence-corrected chi connectivity index (χ1v) is 9.07. The summed E-state index contributed by atoms with van der Waals surface area (Å²) in [5.41, 5.74) is 3.06. The SMILES string of the molecule is CCCC1CCC(NC2CC(c3ccccc3C)C2)CC1. The van der Waals surface area contributed by atoms with Gasteiger partial charge in [-0.25, -0.2) is 0 Å². The number of hydrogen-bond donors (Lipinski definition) is 1. The van der Waals surface area contributed by atoms with Crippen molar-refractivity contribution < 1.29 is 0 Å². The molecule has 21 heavy (non-hydrogen) atoms. The van der Waals surface area contributed by atoms with E-state index >= 15 is 0 Å². The van der Waals surface area contributed by atoms with Crippen LogP contribution in [0.25, 0.3) is 0 Å². The molecule has 1 N–H and O–H groups in total. The van der Waals surface area contributed by atoms with E-state index in [0.717, 1.165) is 23.9 Å². The Morgan fingerprint density at radius 1 is 1.00 bits per heavy atom. The highest BCUT2D eigenvalue weighted by Gasteiger charge is 2.33. The lowest BCUT2D eigenvalue weighted by atomic mass is 9.73. The van der Waals surface area contributed by atoms with E-state index < -0.39 is 0 Å². The lowest BCUT2D eigenvalue weighted by molar-refractivity contribution is 0.212. The zero-order valence-electron chi connectivity index (χ0n) is 13.8. The third-order valence-corrected chi connectivity index (χ3v) is 5.78. The second-order valence-corrected chi connectivity index (χ2v) is 7.39. The Morgan fingerprint density at radius 3 is 2.38 bits per heavy atom. The Bertz CT molecular complexity index is 439. The van der Waals surface area contributed by atoms with Crippen molar-refractivity contribution in [2.75, 3.05) is 0 Å². The summed E-state index contributed by atoms with van der Waals surface area (Å²) in [5.74, 6) is 1.83. The van der Waals surface area contributed by atoms with Crippen molar-refractivity contribution >= 4 is 0 Å². The van der Waals surface area contributed by atoms with Crippen LogP contribution in [0.4, 0.5) is 0 Å². The summed E-state index contributed by atoms with van der Waals surface area (Å²) in [5, 5.41) is 3.94. The molecule has 3 rings (SSSR count). The molecule has 1 aromatic carbocycles. The zero-order chi connectivity index (χ0) is 14.7. The lowest BCUT2D eigenvalue weighted by Gasteiger charge is -2.41. The topological polar surface area (TPSA) is 12.0 Å².